The molecule has 0 aliphatic heterocycles. The van der Waals surface area contributed by atoms with E-state index in [0.717, 1.165) is 16.8 Å². The monoisotopic (exact) mass is 327 g/mol. The van der Waals surface area contributed by atoms with Crippen LogP contribution in [-0.4, -0.2) is 23.1 Å². The van der Waals surface area contributed by atoms with E-state index in [2.05, 4.69) is 15.5 Å². The van der Waals surface area contributed by atoms with Gasteiger partial charge in [0.1, 0.15) is 5.75 Å². The Morgan fingerprint density at radius 3 is 2.77 bits per heavy atom. The van der Waals surface area contributed by atoms with Gasteiger partial charge in [0.05, 0.1) is 18.2 Å². The molecule has 0 radical (unpaired) electrons. The first kappa shape index (κ1) is 16.8. The number of halogens is 2. The summed E-state index contributed by atoms with van der Waals surface area (Å²) in [7, 11) is 1.49. The molecule has 0 amide bonds. The van der Waals surface area contributed by atoms with Crippen LogP contribution in [0.4, 0.5) is 8.78 Å². The lowest BCUT2D eigenvalue weighted by Crippen LogP contribution is -2.18. The fourth-order valence-electron chi connectivity index (χ4n) is 2.08. The van der Waals surface area contributed by atoms with Crippen LogP contribution in [0, 0.1) is 6.92 Å². The lowest BCUT2D eigenvalue weighted by molar-refractivity contribution is 0.251. The molecule has 0 aliphatic carbocycles. The van der Waals surface area contributed by atoms with Crippen LogP contribution >= 0.6 is 11.8 Å². The van der Waals surface area contributed by atoms with Crippen molar-refractivity contribution in [2.24, 2.45) is 0 Å². The van der Waals surface area contributed by atoms with Crippen molar-refractivity contribution in [3.8, 4) is 5.75 Å². The Kier molecular flexibility index (Phi) is 5.79. The number of benzene rings is 1. The maximum absolute atomic E-state index is 12.5. The predicted molar refractivity (Wildman–Crippen MR) is 83.4 cm³/mol. The molecule has 2 N–H and O–H groups in total. The van der Waals surface area contributed by atoms with Crippen LogP contribution in [0.15, 0.2) is 29.3 Å². The molecule has 0 bridgehead atoms. The third kappa shape index (κ3) is 4.20. The number of nitrogens with zero attached hydrogens (tertiary/aromatic N) is 1. The number of aromatic nitrogens is 2. The Balaban J connectivity index is 2.06. The largest absolute Gasteiger partial charge is 0.496 e. The van der Waals surface area contributed by atoms with E-state index < -0.39 is 5.76 Å². The number of thioether (sulfide) groups is 1. The second kappa shape index (κ2) is 7.60. The van der Waals surface area contributed by atoms with E-state index in [1.165, 1.54) is 7.11 Å². The minimum Gasteiger partial charge on any atom is -0.496 e. The van der Waals surface area contributed by atoms with Gasteiger partial charge in [0, 0.05) is 23.8 Å². The fourth-order valence-corrected chi connectivity index (χ4v) is 2.68. The molecule has 22 heavy (non-hydrogen) atoms. The lowest BCUT2D eigenvalue weighted by Gasteiger charge is -2.16. The molecule has 0 saturated carbocycles. The van der Waals surface area contributed by atoms with Gasteiger partial charge in [-0.2, -0.15) is 13.9 Å². The zero-order chi connectivity index (χ0) is 16.1. The summed E-state index contributed by atoms with van der Waals surface area (Å²) in [5.74, 6) is -1.99. The minimum atomic E-state index is -2.46. The second-order valence-electron chi connectivity index (χ2n) is 4.91. The summed E-state index contributed by atoms with van der Waals surface area (Å²) in [4.78, 5) is 0.444. The van der Waals surface area contributed by atoms with Crippen molar-refractivity contribution in [2.45, 2.75) is 37.1 Å². The SMILES string of the molecule is COc1cc([C@H](C)NCc2cn[nH]c2C)ccc1SC(F)F. The number of methoxy groups -OCH3 is 1. The maximum atomic E-state index is 12.5. The van der Waals surface area contributed by atoms with Gasteiger partial charge in [0.2, 0.25) is 0 Å². The van der Waals surface area contributed by atoms with Gasteiger partial charge < -0.3 is 10.1 Å². The first-order valence-corrected chi connectivity index (χ1v) is 7.74. The number of aryl methyl sites for hydroxylation is 1. The predicted octanol–water partition coefficient (Wildman–Crippen LogP) is 3.89. The molecule has 0 aliphatic rings. The number of nitrogens with one attached hydrogen (secondary N) is 2. The van der Waals surface area contributed by atoms with Crippen molar-refractivity contribution in [3.05, 3.63) is 41.2 Å². The summed E-state index contributed by atoms with van der Waals surface area (Å²) >= 11 is 0.492. The van der Waals surface area contributed by atoms with Gasteiger partial charge in [-0.3, -0.25) is 5.10 Å². The van der Waals surface area contributed by atoms with Crippen molar-refractivity contribution in [3.63, 3.8) is 0 Å². The molecule has 0 unspecified atom stereocenters. The molecule has 0 fully saturated rings. The summed E-state index contributed by atoms with van der Waals surface area (Å²) in [6.07, 6.45) is 1.79. The number of ether oxygens (including phenoxy) is 1. The average molecular weight is 327 g/mol. The summed E-state index contributed by atoms with van der Waals surface area (Å²) in [5, 5.41) is 10.3. The van der Waals surface area contributed by atoms with Crippen LogP contribution < -0.4 is 10.1 Å². The molecular formula is C15H19F2N3OS. The number of rotatable bonds is 7. The molecular weight excluding hydrogens is 308 g/mol. The Bertz CT molecular complexity index is 619. The first-order valence-electron chi connectivity index (χ1n) is 6.86. The van der Waals surface area contributed by atoms with E-state index in [0.29, 0.717) is 29.0 Å². The van der Waals surface area contributed by atoms with Crippen molar-refractivity contribution in [2.75, 3.05) is 7.11 Å². The van der Waals surface area contributed by atoms with Gasteiger partial charge in [0.15, 0.2) is 0 Å². The molecule has 1 heterocycles. The van der Waals surface area contributed by atoms with Crippen LogP contribution in [0.5, 0.6) is 5.75 Å². The van der Waals surface area contributed by atoms with Crippen LogP contribution in [0.25, 0.3) is 0 Å². The van der Waals surface area contributed by atoms with Crippen LogP contribution in [0.2, 0.25) is 0 Å². The molecule has 4 nitrogen and oxygen atoms in total. The molecule has 1 aromatic carbocycles. The topological polar surface area (TPSA) is 49.9 Å². The zero-order valence-electron chi connectivity index (χ0n) is 12.7. The van der Waals surface area contributed by atoms with Crippen LogP contribution in [-0.2, 0) is 6.54 Å². The summed E-state index contributed by atoms with van der Waals surface area (Å²) in [6.45, 7) is 4.66. The molecule has 0 spiro atoms. The normalized spacial score (nSPS) is 12.6. The van der Waals surface area contributed by atoms with Crippen molar-refractivity contribution in [1.82, 2.24) is 15.5 Å². The highest BCUT2D eigenvalue weighted by molar-refractivity contribution is 7.99. The highest BCUT2D eigenvalue weighted by Gasteiger charge is 2.14. The quantitative estimate of drug-likeness (QED) is 0.758. The van der Waals surface area contributed by atoms with Crippen molar-refractivity contribution in [1.29, 1.82) is 0 Å². The first-order chi connectivity index (χ1) is 10.5. The van der Waals surface area contributed by atoms with Crippen molar-refractivity contribution < 1.29 is 13.5 Å². The summed E-state index contributed by atoms with van der Waals surface area (Å²) in [5.41, 5.74) is 3.11. The second-order valence-corrected chi connectivity index (χ2v) is 5.94. The zero-order valence-corrected chi connectivity index (χ0v) is 13.5. The van der Waals surface area contributed by atoms with E-state index in [1.54, 1.807) is 18.3 Å². The van der Waals surface area contributed by atoms with Crippen molar-refractivity contribution >= 4 is 11.8 Å². The average Bonchev–Trinajstić information content (AvgIpc) is 2.90. The molecule has 120 valence electrons. The highest BCUT2D eigenvalue weighted by atomic mass is 32.2. The molecule has 1 aromatic heterocycles. The molecule has 1 atom stereocenters. The Morgan fingerprint density at radius 2 is 2.18 bits per heavy atom. The van der Waals surface area contributed by atoms with Gasteiger partial charge in [0.25, 0.3) is 5.76 Å². The summed E-state index contributed by atoms with van der Waals surface area (Å²) < 4.78 is 30.2. The molecule has 7 heteroatoms. The van der Waals surface area contributed by atoms with Gasteiger partial charge in [-0.25, -0.2) is 0 Å². The van der Waals surface area contributed by atoms with Gasteiger partial charge >= 0.3 is 0 Å². The molecule has 0 saturated heterocycles. The smallest absolute Gasteiger partial charge is 0.289 e. The Hall–Kier alpha value is -1.60. The third-order valence-electron chi connectivity index (χ3n) is 3.44. The third-order valence-corrected chi connectivity index (χ3v) is 4.21. The summed E-state index contributed by atoms with van der Waals surface area (Å²) in [6, 6.07) is 5.37. The molecule has 2 aromatic rings. The maximum Gasteiger partial charge on any atom is 0.289 e. The number of H-pyrrole nitrogens is 1. The van der Waals surface area contributed by atoms with Crippen LogP contribution in [0.1, 0.15) is 29.8 Å². The minimum absolute atomic E-state index is 0.0637. The van der Waals surface area contributed by atoms with E-state index in [9.17, 15) is 8.78 Å². The number of alkyl halides is 2. The Labute approximate surface area is 132 Å². The number of aromatic amines is 1. The lowest BCUT2D eigenvalue weighted by atomic mass is 10.1. The number of hydrogen-bond acceptors (Lipinski definition) is 4. The van der Waals surface area contributed by atoms with Crippen LogP contribution in [0.3, 0.4) is 0 Å². The standard InChI is InChI=1S/C15H19F2N3OS/c1-9(18-7-12-8-19-20-10(12)2)11-4-5-14(22-15(16)17)13(6-11)21-3/h4-6,8-9,15,18H,7H2,1-3H3,(H,19,20)/t9-/m0/s1. The van der Waals surface area contributed by atoms with E-state index in [-0.39, 0.29) is 6.04 Å². The fraction of sp³-hybridized carbons (Fsp3) is 0.400. The van der Waals surface area contributed by atoms with E-state index >= 15 is 0 Å². The van der Waals surface area contributed by atoms with Gasteiger partial charge in [-0.15, -0.1) is 0 Å². The van der Waals surface area contributed by atoms with Gasteiger partial charge in [-0.05, 0) is 31.5 Å². The van der Waals surface area contributed by atoms with E-state index in [1.807, 2.05) is 19.9 Å². The van der Waals surface area contributed by atoms with Gasteiger partial charge in [-0.1, -0.05) is 17.8 Å². The highest BCUT2D eigenvalue weighted by Crippen LogP contribution is 2.35. The molecule has 2 rings (SSSR count). The number of hydrogen-bond donors (Lipinski definition) is 2. The Morgan fingerprint density at radius 1 is 1.41 bits per heavy atom. The van der Waals surface area contributed by atoms with E-state index in [4.69, 9.17) is 4.74 Å².